The van der Waals surface area contributed by atoms with E-state index < -0.39 is 5.91 Å². The highest BCUT2D eigenvalue weighted by Gasteiger charge is 2.16. The normalized spacial score (nSPS) is 10.4. The zero-order chi connectivity index (χ0) is 19.3. The van der Waals surface area contributed by atoms with Crippen molar-refractivity contribution in [3.8, 4) is 23.3 Å². The number of hydrogen-bond donors (Lipinski definition) is 2. The fourth-order valence-electron chi connectivity index (χ4n) is 2.50. The Labute approximate surface area is 160 Å². The molecule has 0 atom stereocenters. The third-order valence-corrected chi connectivity index (χ3v) is 3.82. The predicted octanol–water partition coefficient (Wildman–Crippen LogP) is 3.41. The van der Waals surface area contributed by atoms with Gasteiger partial charge in [-0.2, -0.15) is 10.1 Å². The standard InChI is InChI=1S/C20H15N5O3/c26-18(15-9-4-5-10-17(15)28-14-7-2-1-3-8-14)23-16-13-21-20(24-19(16)27)25-12-6-11-22-25/h1-13H,(H,23,26)(H,21,24,27). The number of nitrogens with one attached hydrogen (secondary N) is 1. The molecule has 2 heterocycles. The average molecular weight is 373 g/mol. The van der Waals surface area contributed by atoms with Crippen molar-refractivity contribution in [2.75, 3.05) is 5.32 Å². The molecule has 0 spiro atoms. The van der Waals surface area contributed by atoms with Crippen LogP contribution in [0, 0.1) is 0 Å². The molecule has 8 heteroatoms. The summed E-state index contributed by atoms with van der Waals surface area (Å²) >= 11 is 0. The van der Waals surface area contributed by atoms with E-state index in [0.717, 1.165) is 0 Å². The minimum atomic E-state index is -0.461. The Hall–Kier alpha value is -4.20. The molecule has 8 nitrogen and oxygen atoms in total. The van der Waals surface area contributed by atoms with Gasteiger partial charge in [-0.25, -0.2) is 9.67 Å². The fraction of sp³-hybridized carbons (Fsp3) is 0. The van der Waals surface area contributed by atoms with Crippen LogP contribution in [0.25, 0.3) is 5.95 Å². The van der Waals surface area contributed by atoms with Gasteiger partial charge >= 0.3 is 0 Å². The molecule has 0 radical (unpaired) electrons. The van der Waals surface area contributed by atoms with Gasteiger partial charge in [-0.3, -0.25) is 4.79 Å². The third-order valence-electron chi connectivity index (χ3n) is 3.82. The van der Waals surface area contributed by atoms with Crippen molar-refractivity contribution in [2.45, 2.75) is 0 Å². The van der Waals surface area contributed by atoms with Crippen molar-refractivity contribution in [3.05, 3.63) is 84.8 Å². The van der Waals surface area contributed by atoms with Gasteiger partial charge in [-0.1, -0.05) is 30.3 Å². The highest BCUT2D eigenvalue weighted by molar-refractivity contribution is 6.06. The second-order valence-electron chi connectivity index (χ2n) is 5.72. The Morgan fingerprint density at radius 3 is 2.57 bits per heavy atom. The SMILES string of the molecule is O=C(Nc1cnc(-n2cccn2)nc1O)c1ccccc1Oc1ccccc1. The number of rotatable bonds is 5. The molecule has 0 fully saturated rings. The first-order chi connectivity index (χ1) is 13.7. The Morgan fingerprint density at radius 1 is 1.04 bits per heavy atom. The van der Waals surface area contributed by atoms with E-state index in [1.165, 1.54) is 10.9 Å². The van der Waals surface area contributed by atoms with Crippen molar-refractivity contribution in [3.63, 3.8) is 0 Å². The van der Waals surface area contributed by atoms with Gasteiger partial charge in [0, 0.05) is 12.4 Å². The maximum atomic E-state index is 12.7. The highest BCUT2D eigenvalue weighted by Crippen LogP contribution is 2.27. The summed E-state index contributed by atoms with van der Waals surface area (Å²) in [5.74, 6) is 0.359. The van der Waals surface area contributed by atoms with E-state index in [2.05, 4.69) is 20.4 Å². The molecule has 1 amide bonds. The van der Waals surface area contributed by atoms with Crippen molar-refractivity contribution in [1.29, 1.82) is 0 Å². The first-order valence-electron chi connectivity index (χ1n) is 8.40. The molecule has 0 aliphatic rings. The number of benzene rings is 2. The van der Waals surface area contributed by atoms with E-state index in [1.54, 1.807) is 54.9 Å². The lowest BCUT2D eigenvalue weighted by atomic mass is 10.2. The van der Waals surface area contributed by atoms with E-state index in [4.69, 9.17) is 4.74 Å². The van der Waals surface area contributed by atoms with Gasteiger partial charge in [0.15, 0.2) is 0 Å². The first kappa shape index (κ1) is 17.2. The number of aromatic hydroxyl groups is 1. The van der Waals surface area contributed by atoms with Gasteiger partial charge < -0.3 is 15.2 Å². The minimum absolute atomic E-state index is 0.0791. The van der Waals surface area contributed by atoms with Gasteiger partial charge in [-0.05, 0) is 30.3 Å². The van der Waals surface area contributed by atoms with Crippen molar-refractivity contribution < 1.29 is 14.6 Å². The van der Waals surface area contributed by atoms with E-state index in [0.29, 0.717) is 17.1 Å². The number of amides is 1. The Balaban J connectivity index is 1.56. The lowest BCUT2D eigenvalue weighted by Crippen LogP contribution is -2.14. The molecule has 0 aliphatic heterocycles. The smallest absolute Gasteiger partial charge is 0.259 e. The Kier molecular flexibility index (Phi) is 4.67. The maximum absolute atomic E-state index is 12.7. The van der Waals surface area contributed by atoms with Crippen molar-refractivity contribution in [1.82, 2.24) is 19.7 Å². The van der Waals surface area contributed by atoms with Gasteiger partial charge in [-0.15, -0.1) is 0 Å². The van der Waals surface area contributed by atoms with Crippen LogP contribution in [0.4, 0.5) is 5.69 Å². The second-order valence-corrected chi connectivity index (χ2v) is 5.72. The van der Waals surface area contributed by atoms with Crippen molar-refractivity contribution in [2.24, 2.45) is 0 Å². The molecule has 2 aromatic carbocycles. The molecule has 0 bridgehead atoms. The summed E-state index contributed by atoms with van der Waals surface area (Å²) in [4.78, 5) is 20.8. The molecule has 0 unspecified atom stereocenters. The van der Waals surface area contributed by atoms with Crippen LogP contribution < -0.4 is 10.1 Å². The number of aromatic nitrogens is 4. The summed E-state index contributed by atoms with van der Waals surface area (Å²) in [6.45, 7) is 0. The molecule has 4 aromatic rings. The van der Waals surface area contributed by atoms with Gasteiger partial charge in [0.25, 0.3) is 11.9 Å². The van der Waals surface area contributed by atoms with Crippen LogP contribution in [0.15, 0.2) is 79.3 Å². The highest BCUT2D eigenvalue weighted by atomic mass is 16.5. The fourth-order valence-corrected chi connectivity index (χ4v) is 2.50. The van der Waals surface area contributed by atoms with E-state index >= 15 is 0 Å². The predicted molar refractivity (Wildman–Crippen MR) is 102 cm³/mol. The van der Waals surface area contributed by atoms with Crippen LogP contribution in [0.2, 0.25) is 0 Å². The summed E-state index contributed by atoms with van der Waals surface area (Å²) in [5, 5.41) is 16.7. The topological polar surface area (TPSA) is 102 Å². The second kappa shape index (κ2) is 7.58. The zero-order valence-electron chi connectivity index (χ0n) is 14.6. The van der Waals surface area contributed by atoms with Crippen LogP contribution in [-0.2, 0) is 0 Å². The molecule has 0 saturated carbocycles. The van der Waals surface area contributed by atoms with Crippen LogP contribution in [0.5, 0.6) is 17.4 Å². The number of ether oxygens (including phenoxy) is 1. The summed E-state index contributed by atoms with van der Waals surface area (Å²) in [6.07, 6.45) is 4.53. The summed E-state index contributed by atoms with van der Waals surface area (Å²) in [5.41, 5.74) is 0.386. The number of carbonyl (C=O) groups excluding carboxylic acids is 1. The lowest BCUT2D eigenvalue weighted by molar-refractivity contribution is 0.102. The molecule has 2 aromatic heterocycles. The molecule has 4 rings (SSSR count). The molecule has 2 N–H and O–H groups in total. The van der Waals surface area contributed by atoms with Gasteiger partial charge in [0.05, 0.1) is 11.8 Å². The molecular formula is C20H15N5O3. The van der Waals surface area contributed by atoms with Gasteiger partial charge in [0.1, 0.15) is 17.2 Å². The minimum Gasteiger partial charge on any atom is -0.492 e. The van der Waals surface area contributed by atoms with E-state index in [9.17, 15) is 9.90 Å². The lowest BCUT2D eigenvalue weighted by Gasteiger charge is -2.12. The van der Waals surface area contributed by atoms with Gasteiger partial charge in [0.2, 0.25) is 5.88 Å². The van der Waals surface area contributed by atoms with Crippen LogP contribution in [0.1, 0.15) is 10.4 Å². The van der Waals surface area contributed by atoms with E-state index in [1.807, 2.05) is 18.2 Å². The molecule has 28 heavy (non-hydrogen) atoms. The average Bonchev–Trinajstić information content (AvgIpc) is 3.25. The van der Waals surface area contributed by atoms with Crippen LogP contribution >= 0.6 is 0 Å². The molecule has 0 saturated heterocycles. The number of para-hydroxylation sites is 2. The Bertz CT molecular complexity index is 1100. The largest absolute Gasteiger partial charge is 0.492 e. The maximum Gasteiger partial charge on any atom is 0.259 e. The monoisotopic (exact) mass is 373 g/mol. The first-order valence-corrected chi connectivity index (χ1v) is 8.40. The number of anilines is 1. The molecule has 0 aliphatic carbocycles. The molecular weight excluding hydrogens is 358 g/mol. The van der Waals surface area contributed by atoms with E-state index in [-0.39, 0.29) is 17.5 Å². The number of nitrogens with zero attached hydrogens (tertiary/aromatic N) is 4. The zero-order valence-corrected chi connectivity index (χ0v) is 14.6. The number of carbonyl (C=O) groups is 1. The Morgan fingerprint density at radius 2 is 1.82 bits per heavy atom. The molecule has 138 valence electrons. The van der Waals surface area contributed by atoms with Crippen LogP contribution in [-0.4, -0.2) is 30.8 Å². The third kappa shape index (κ3) is 3.65. The summed E-state index contributed by atoms with van der Waals surface area (Å²) in [7, 11) is 0. The summed E-state index contributed by atoms with van der Waals surface area (Å²) in [6, 6.07) is 17.7. The quantitative estimate of drug-likeness (QED) is 0.556. The number of hydrogen-bond acceptors (Lipinski definition) is 6. The van der Waals surface area contributed by atoms with Crippen molar-refractivity contribution >= 4 is 11.6 Å². The summed E-state index contributed by atoms with van der Waals surface area (Å²) < 4.78 is 7.20. The van der Waals surface area contributed by atoms with Crippen LogP contribution in [0.3, 0.4) is 0 Å².